The highest BCUT2D eigenvalue weighted by Gasteiger charge is 2.16. The topological polar surface area (TPSA) is 87.0 Å². The van der Waals surface area contributed by atoms with Gasteiger partial charge in [0.05, 0.1) is 6.20 Å². The molecule has 4 aromatic rings. The fourth-order valence-electron chi connectivity index (χ4n) is 3.80. The van der Waals surface area contributed by atoms with Gasteiger partial charge in [-0.3, -0.25) is 0 Å². The predicted octanol–water partition coefficient (Wildman–Crippen LogP) is 5.20. The summed E-state index contributed by atoms with van der Waals surface area (Å²) < 4.78 is 28.1. The molecule has 0 radical (unpaired) electrons. The third kappa shape index (κ3) is 3.98. The van der Waals surface area contributed by atoms with Gasteiger partial charge in [-0.25, -0.2) is 4.98 Å². The van der Waals surface area contributed by atoms with Crippen LogP contribution in [0.25, 0.3) is 11.3 Å². The SMILES string of the molecule is c1ccc(-c2cnc(Nc3ccc4c(c3)OCCO4)o2)c(NCc2ccc3c(c2)OCO3)c1. The van der Waals surface area contributed by atoms with E-state index in [1.807, 2.05) is 60.7 Å². The standard InChI is InChI=1S/C25H21N3O5/c1-2-4-19(26-13-16-5-7-21-22(11-16)32-15-31-21)18(3-1)24-14-27-25(33-24)28-17-6-8-20-23(12-17)30-10-9-29-20/h1-8,11-12,14,26H,9-10,13,15H2,(H,27,28). The van der Waals surface area contributed by atoms with Crippen molar-refractivity contribution in [3.05, 3.63) is 72.4 Å². The number of fused-ring (bicyclic) bond motifs is 2. The first-order valence-corrected chi connectivity index (χ1v) is 10.7. The van der Waals surface area contributed by atoms with E-state index in [-0.39, 0.29) is 6.79 Å². The molecule has 3 aromatic carbocycles. The number of oxazole rings is 1. The number of ether oxygens (including phenoxy) is 4. The quantitative estimate of drug-likeness (QED) is 0.421. The van der Waals surface area contributed by atoms with Gasteiger partial charge in [-0.1, -0.05) is 18.2 Å². The minimum atomic E-state index is 0.267. The van der Waals surface area contributed by atoms with Crippen molar-refractivity contribution < 1.29 is 23.4 Å². The summed E-state index contributed by atoms with van der Waals surface area (Å²) in [6.07, 6.45) is 1.71. The van der Waals surface area contributed by atoms with E-state index in [2.05, 4.69) is 15.6 Å². The van der Waals surface area contributed by atoms with E-state index in [1.54, 1.807) is 6.20 Å². The van der Waals surface area contributed by atoms with Crippen LogP contribution < -0.4 is 29.6 Å². The second-order valence-electron chi connectivity index (χ2n) is 7.60. The molecule has 33 heavy (non-hydrogen) atoms. The predicted molar refractivity (Wildman–Crippen MR) is 123 cm³/mol. The molecule has 0 amide bonds. The van der Waals surface area contributed by atoms with E-state index in [0.29, 0.717) is 37.3 Å². The minimum absolute atomic E-state index is 0.267. The van der Waals surface area contributed by atoms with Gasteiger partial charge >= 0.3 is 0 Å². The summed E-state index contributed by atoms with van der Waals surface area (Å²) in [5, 5.41) is 6.66. The van der Waals surface area contributed by atoms with Gasteiger partial charge in [-0.2, -0.15) is 0 Å². The zero-order valence-corrected chi connectivity index (χ0v) is 17.7. The number of nitrogens with one attached hydrogen (secondary N) is 2. The maximum absolute atomic E-state index is 6.00. The Labute approximate surface area is 190 Å². The van der Waals surface area contributed by atoms with Gasteiger partial charge in [0.25, 0.3) is 6.01 Å². The van der Waals surface area contributed by atoms with Gasteiger partial charge in [0, 0.05) is 29.5 Å². The molecule has 6 rings (SSSR count). The number of para-hydroxylation sites is 1. The summed E-state index contributed by atoms with van der Waals surface area (Å²) in [7, 11) is 0. The number of rotatable bonds is 6. The summed E-state index contributed by atoms with van der Waals surface area (Å²) in [6, 6.07) is 19.9. The first kappa shape index (κ1) is 19.4. The third-order valence-electron chi connectivity index (χ3n) is 5.41. The summed E-state index contributed by atoms with van der Waals surface area (Å²) in [5.74, 6) is 3.65. The lowest BCUT2D eigenvalue weighted by Gasteiger charge is -2.18. The summed E-state index contributed by atoms with van der Waals surface area (Å²) in [5.41, 5.74) is 3.76. The van der Waals surface area contributed by atoms with Gasteiger partial charge < -0.3 is 34.0 Å². The van der Waals surface area contributed by atoms with Crippen molar-refractivity contribution in [3.8, 4) is 34.3 Å². The number of aromatic nitrogens is 1. The van der Waals surface area contributed by atoms with E-state index >= 15 is 0 Å². The van der Waals surface area contributed by atoms with Crippen molar-refractivity contribution >= 4 is 17.4 Å². The maximum Gasteiger partial charge on any atom is 0.299 e. The fourth-order valence-corrected chi connectivity index (χ4v) is 3.80. The second kappa shape index (κ2) is 8.31. The molecular formula is C25H21N3O5. The number of hydrogen-bond acceptors (Lipinski definition) is 8. The smallest absolute Gasteiger partial charge is 0.299 e. The molecule has 0 aliphatic carbocycles. The van der Waals surface area contributed by atoms with Crippen LogP contribution in [0, 0.1) is 0 Å². The number of hydrogen-bond donors (Lipinski definition) is 2. The number of anilines is 3. The maximum atomic E-state index is 6.00. The Morgan fingerprint density at radius 1 is 0.788 bits per heavy atom. The zero-order valence-electron chi connectivity index (χ0n) is 17.7. The number of benzene rings is 3. The van der Waals surface area contributed by atoms with Crippen molar-refractivity contribution in [1.82, 2.24) is 4.98 Å². The lowest BCUT2D eigenvalue weighted by atomic mass is 10.1. The Morgan fingerprint density at radius 2 is 1.58 bits per heavy atom. The zero-order chi connectivity index (χ0) is 22.0. The average molecular weight is 443 g/mol. The normalized spacial score (nSPS) is 13.6. The molecule has 0 bridgehead atoms. The molecule has 0 spiro atoms. The minimum Gasteiger partial charge on any atom is -0.486 e. The Morgan fingerprint density at radius 3 is 2.55 bits per heavy atom. The van der Waals surface area contributed by atoms with Crippen molar-refractivity contribution in [1.29, 1.82) is 0 Å². The fraction of sp³-hybridized carbons (Fsp3) is 0.160. The van der Waals surface area contributed by atoms with Crippen LogP contribution in [-0.2, 0) is 6.54 Å². The Kier molecular flexibility index (Phi) is 4.88. The molecule has 0 saturated heterocycles. The first-order chi connectivity index (χ1) is 16.3. The van der Waals surface area contributed by atoms with Gasteiger partial charge in [-0.15, -0.1) is 0 Å². The van der Waals surface area contributed by atoms with E-state index in [9.17, 15) is 0 Å². The van der Waals surface area contributed by atoms with Crippen molar-refractivity contribution in [3.63, 3.8) is 0 Å². The van der Waals surface area contributed by atoms with Crippen LogP contribution in [0.2, 0.25) is 0 Å². The van der Waals surface area contributed by atoms with Crippen molar-refractivity contribution in [2.45, 2.75) is 6.54 Å². The molecule has 3 heterocycles. The molecule has 0 fully saturated rings. The third-order valence-corrected chi connectivity index (χ3v) is 5.41. The van der Waals surface area contributed by atoms with Crippen LogP contribution in [0.15, 0.2) is 71.3 Å². The molecule has 2 aliphatic rings. The van der Waals surface area contributed by atoms with Gasteiger partial charge in [0.15, 0.2) is 28.8 Å². The highest BCUT2D eigenvalue weighted by atomic mass is 16.7. The van der Waals surface area contributed by atoms with Crippen LogP contribution in [0.5, 0.6) is 23.0 Å². The summed E-state index contributed by atoms with van der Waals surface area (Å²) in [6.45, 7) is 1.99. The van der Waals surface area contributed by atoms with Crippen LogP contribution in [0.4, 0.5) is 17.4 Å². The second-order valence-corrected chi connectivity index (χ2v) is 7.60. The summed E-state index contributed by atoms with van der Waals surface area (Å²) in [4.78, 5) is 4.39. The van der Waals surface area contributed by atoms with Crippen LogP contribution in [-0.4, -0.2) is 25.0 Å². The van der Waals surface area contributed by atoms with Gasteiger partial charge in [0.2, 0.25) is 6.79 Å². The molecule has 2 N–H and O–H groups in total. The Balaban J connectivity index is 1.18. The number of nitrogens with zero attached hydrogens (tertiary/aromatic N) is 1. The van der Waals surface area contributed by atoms with Crippen LogP contribution in [0.3, 0.4) is 0 Å². The monoisotopic (exact) mass is 443 g/mol. The largest absolute Gasteiger partial charge is 0.486 e. The lowest BCUT2D eigenvalue weighted by molar-refractivity contribution is 0.171. The molecule has 0 atom stereocenters. The van der Waals surface area contributed by atoms with Gasteiger partial charge in [0.1, 0.15) is 13.2 Å². The molecule has 0 unspecified atom stereocenters. The van der Waals surface area contributed by atoms with Crippen molar-refractivity contribution in [2.24, 2.45) is 0 Å². The van der Waals surface area contributed by atoms with Crippen LogP contribution in [0.1, 0.15) is 5.56 Å². The molecule has 1 aromatic heterocycles. The molecule has 8 heteroatoms. The first-order valence-electron chi connectivity index (χ1n) is 10.7. The molecule has 0 saturated carbocycles. The highest BCUT2D eigenvalue weighted by molar-refractivity contribution is 5.75. The molecule has 8 nitrogen and oxygen atoms in total. The van der Waals surface area contributed by atoms with E-state index in [4.69, 9.17) is 23.4 Å². The lowest BCUT2D eigenvalue weighted by Crippen LogP contribution is -2.15. The van der Waals surface area contributed by atoms with Crippen LogP contribution >= 0.6 is 0 Å². The molecular weight excluding hydrogens is 422 g/mol. The van der Waals surface area contributed by atoms with E-state index in [0.717, 1.165) is 39.8 Å². The summed E-state index contributed by atoms with van der Waals surface area (Å²) >= 11 is 0. The van der Waals surface area contributed by atoms with Gasteiger partial charge in [-0.05, 0) is 42.0 Å². The Bertz CT molecular complexity index is 1300. The van der Waals surface area contributed by atoms with Crippen molar-refractivity contribution in [2.75, 3.05) is 30.6 Å². The molecule has 166 valence electrons. The average Bonchev–Trinajstić information content (AvgIpc) is 3.52. The van der Waals surface area contributed by atoms with E-state index < -0.39 is 0 Å². The Hall–Kier alpha value is -4.33. The van der Waals surface area contributed by atoms with E-state index in [1.165, 1.54) is 0 Å². The molecule has 2 aliphatic heterocycles. The highest BCUT2D eigenvalue weighted by Crippen LogP contribution is 2.36.